The highest BCUT2D eigenvalue weighted by molar-refractivity contribution is 5.93. The van der Waals surface area contributed by atoms with Crippen LogP contribution in [-0.4, -0.2) is 16.1 Å². The van der Waals surface area contributed by atoms with E-state index in [1.54, 1.807) is 6.07 Å². The monoisotopic (exact) mass is 295 g/mol. The van der Waals surface area contributed by atoms with Gasteiger partial charge in [-0.15, -0.1) is 0 Å². The van der Waals surface area contributed by atoms with Gasteiger partial charge >= 0.3 is 0 Å². The summed E-state index contributed by atoms with van der Waals surface area (Å²) in [5.74, 6) is 1.27. The van der Waals surface area contributed by atoms with Crippen LogP contribution < -0.4 is 5.32 Å². The lowest BCUT2D eigenvalue weighted by Crippen LogP contribution is -2.23. The van der Waals surface area contributed by atoms with Crippen LogP contribution in [0.4, 0.5) is 0 Å². The fourth-order valence-corrected chi connectivity index (χ4v) is 2.24. The molecule has 0 spiro atoms. The number of amides is 1. The fourth-order valence-electron chi connectivity index (χ4n) is 2.24. The molecule has 1 amide bonds. The predicted molar refractivity (Wildman–Crippen MR) is 83.4 cm³/mol. The lowest BCUT2D eigenvalue weighted by molar-refractivity contribution is 0.0946. The zero-order valence-corrected chi connectivity index (χ0v) is 12.5. The maximum absolute atomic E-state index is 12.1. The van der Waals surface area contributed by atoms with Crippen LogP contribution in [0.2, 0.25) is 0 Å². The van der Waals surface area contributed by atoms with Crippen LogP contribution >= 0.6 is 0 Å². The van der Waals surface area contributed by atoms with Crippen LogP contribution in [-0.2, 0) is 6.54 Å². The molecule has 3 aromatic rings. The average Bonchev–Trinajstić information content (AvgIpc) is 3.13. The van der Waals surface area contributed by atoms with Gasteiger partial charge in [0.2, 0.25) is 0 Å². The van der Waals surface area contributed by atoms with Gasteiger partial charge in [-0.05, 0) is 31.5 Å². The highest BCUT2D eigenvalue weighted by atomic mass is 16.3. The number of aromatic amines is 1. The van der Waals surface area contributed by atoms with Crippen molar-refractivity contribution in [3.63, 3.8) is 0 Å². The molecule has 2 aromatic heterocycles. The fraction of sp³-hybridized carbons (Fsp3) is 0.176. The van der Waals surface area contributed by atoms with Crippen molar-refractivity contribution in [2.45, 2.75) is 20.4 Å². The van der Waals surface area contributed by atoms with E-state index in [9.17, 15) is 4.79 Å². The minimum absolute atomic E-state index is 0.215. The van der Waals surface area contributed by atoms with Crippen LogP contribution in [0, 0.1) is 13.8 Å². The standard InChI is InChI=1S/C17H17N3O2/c1-11-4-3-5-13(8-11)10-18-17(21)15-9-14(19-20-15)16-7-6-12(2)22-16/h3-9H,10H2,1-2H3,(H,18,21)(H,19,20). The highest BCUT2D eigenvalue weighted by Gasteiger charge is 2.12. The third-order valence-corrected chi connectivity index (χ3v) is 3.35. The zero-order valence-electron chi connectivity index (χ0n) is 12.5. The van der Waals surface area contributed by atoms with E-state index in [0.717, 1.165) is 11.3 Å². The van der Waals surface area contributed by atoms with E-state index in [4.69, 9.17) is 4.42 Å². The molecule has 5 heteroatoms. The number of aromatic nitrogens is 2. The smallest absolute Gasteiger partial charge is 0.272 e. The van der Waals surface area contributed by atoms with Crippen molar-refractivity contribution >= 4 is 5.91 Å². The van der Waals surface area contributed by atoms with Crippen LogP contribution in [0.1, 0.15) is 27.4 Å². The third kappa shape index (κ3) is 3.09. The Morgan fingerprint density at radius 1 is 1.23 bits per heavy atom. The first-order valence-electron chi connectivity index (χ1n) is 7.08. The van der Waals surface area contributed by atoms with Crippen molar-refractivity contribution in [3.8, 4) is 11.5 Å². The number of carbonyl (C=O) groups is 1. The lowest BCUT2D eigenvalue weighted by Gasteiger charge is -2.04. The normalized spacial score (nSPS) is 10.6. The molecule has 0 saturated heterocycles. The largest absolute Gasteiger partial charge is 0.460 e. The molecule has 0 aliphatic rings. The van der Waals surface area contributed by atoms with E-state index in [-0.39, 0.29) is 5.91 Å². The van der Waals surface area contributed by atoms with Crippen molar-refractivity contribution in [3.05, 3.63) is 65.0 Å². The summed E-state index contributed by atoms with van der Waals surface area (Å²) in [6, 6.07) is 13.4. The van der Waals surface area contributed by atoms with Crippen LogP contribution in [0.5, 0.6) is 0 Å². The van der Waals surface area contributed by atoms with E-state index < -0.39 is 0 Å². The summed E-state index contributed by atoms with van der Waals surface area (Å²) in [7, 11) is 0. The number of nitrogens with zero attached hydrogens (tertiary/aromatic N) is 1. The van der Waals surface area contributed by atoms with Crippen molar-refractivity contribution in [2.24, 2.45) is 0 Å². The summed E-state index contributed by atoms with van der Waals surface area (Å²) < 4.78 is 5.50. The van der Waals surface area contributed by atoms with Gasteiger partial charge in [-0.2, -0.15) is 5.10 Å². The Morgan fingerprint density at radius 3 is 2.82 bits per heavy atom. The number of carbonyl (C=O) groups excluding carboxylic acids is 1. The number of rotatable bonds is 4. The summed E-state index contributed by atoms with van der Waals surface area (Å²) in [5.41, 5.74) is 3.26. The highest BCUT2D eigenvalue weighted by Crippen LogP contribution is 2.20. The number of hydrogen-bond acceptors (Lipinski definition) is 3. The molecule has 0 radical (unpaired) electrons. The van der Waals surface area contributed by atoms with Gasteiger partial charge in [-0.1, -0.05) is 29.8 Å². The van der Waals surface area contributed by atoms with E-state index in [2.05, 4.69) is 15.5 Å². The molecule has 2 heterocycles. The van der Waals surface area contributed by atoms with Gasteiger partial charge in [0.15, 0.2) is 11.5 Å². The predicted octanol–water partition coefficient (Wildman–Crippen LogP) is 3.22. The second-order valence-corrected chi connectivity index (χ2v) is 5.25. The molecule has 112 valence electrons. The van der Waals surface area contributed by atoms with Gasteiger partial charge in [-0.3, -0.25) is 9.89 Å². The Morgan fingerprint density at radius 2 is 2.09 bits per heavy atom. The molecule has 22 heavy (non-hydrogen) atoms. The molecule has 0 bridgehead atoms. The molecule has 2 N–H and O–H groups in total. The zero-order chi connectivity index (χ0) is 15.5. The number of nitrogens with one attached hydrogen (secondary N) is 2. The number of benzene rings is 1. The first-order chi connectivity index (χ1) is 10.6. The van der Waals surface area contributed by atoms with Gasteiger partial charge in [0.1, 0.15) is 11.5 Å². The first kappa shape index (κ1) is 14.1. The molecular weight excluding hydrogens is 278 g/mol. The first-order valence-corrected chi connectivity index (χ1v) is 7.08. The van der Waals surface area contributed by atoms with E-state index >= 15 is 0 Å². The summed E-state index contributed by atoms with van der Waals surface area (Å²) >= 11 is 0. The van der Waals surface area contributed by atoms with Crippen molar-refractivity contribution in [1.29, 1.82) is 0 Å². The van der Waals surface area contributed by atoms with Gasteiger partial charge in [0.25, 0.3) is 5.91 Å². The Balaban J connectivity index is 1.67. The molecule has 5 nitrogen and oxygen atoms in total. The Hall–Kier alpha value is -2.82. The quantitative estimate of drug-likeness (QED) is 0.776. The number of aryl methyl sites for hydroxylation is 2. The molecule has 0 unspecified atom stereocenters. The summed E-state index contributed by atoms with van der Waals surface area (Å²) in [6.07, 6.45) is 0. The van der Waals surface area contributed by atoms with Crippen molar-refractivity contribution < 1.29 is 9.21 Å². The van der Waals surface area contributed by atoms with Gasteiger partial charge in [0.05, 0.1) is 0 Å². The Kier molecular flexibility index (Phi) is 3.78. The van der Waals surface area contributed by atoms with Gasteiger partial charge in [0, 0.05) is 12.6 Å². The van der Waals surface area contributed by atoms with Crippen LogP contribution in [0.15, 0.2) is 46.9 Å². The molecule has 0 aliphatic carbocycles. The second kappa shape index (κ2) is 5.89. The van der Waals surface area contributed by atoms with Crippen LogP contribution in [0.3, 0.4) is 0 Å². The average molecular weight is 295 g/mol. The molecule has 0 fully saturated rings. The number of H-pyrrole nitrogens is 1. The van der Waals surface area contributed by atoms with E-state index in [1.165, 1.54) is 5.56 Å². The molecule has 1 aromatic carbocycles. The molecule has 0 atom stereocenters. The summed E-state index contributed by atoms with van der Waals surface area (Å²) in [4.78, 5) is 12.1. The topological polar surface area (TPSA) is 70.9 Å². The SMILES string of the molecule is Cc1cccc(CNC(=O)c2cc(-c3ccc(C)o3)[nH]n2)c1. The van der Waals surface area contributed by atoms with Crippen molar-refractivity contribution in [2.75, 3.05) is 0 Å². The molecule has 0 saturated carbocycles. The minimum Gasteiger partial charge on any atom is -0.460 e. The Bertz CT molecular complexity index is 802. The summed E-state index contributed by atoms with van der Waals surface area (Å²) in [6.45, 7) is 4.37. The maximum atomic E-state index is 12.1. The van der Waals surface area contributed by atoms with E-state index in [1.807, 2.05) is 50.2 Å². The molecular formula is C17H17N3O2. The van der Waals surface area contributed by atoms with Crippen LogP contribution in [0.25, 0.3) is 11.5 Å². The van der Waals surface area contributed by atoms with E-state index in [0.29, 0.717) is 23.7 Å². The number of furan rings is 1. The lowest BCUT2D eigenvalue weighted by atomic mass is 10.1. The third-order valence-electron chi connectivity index (χ3n) is 3.35. The molecule has 0 aliphatic heterocycles. The Labute approximate surface area is 128 Å². The second-order valence-electron chi connectivity index (χ2n) is 5.25. The van der Waals surface area contributed by atoms with Gasteiger partial charge < -0.3 is 9.73 Å². The van der Waals surface area contributed by atoms with Crippen molar-refractivity contribution in [1.82, 2.24) is 15.5 Å². The number of hydrogen-bond donors (Lipinski definition) is 2. The minimum atomic E-state index is -0.215. The summed E-state index contributed by atoms with van der Waals surface area (Å²) in [5, 5.41) is 9.71. The molecule has 3 rings (SSSR count). The van der Waals surface area contributed by atoms with Gasteiger partial charge in [-0.25, -0.2) is 0 Å². The maximum Gasteiger partial charge on any atom is 0.272 e.